The summed E-state index contributed by atoms with van der Waals surface area (Å²) in [6, 6.07) is -0.162. The molecule has 16 heavy (non-hydrogen) atoms. The van der Waals surface area contributed by atoms with Crippen molar-refractivity contribution in [1.82, 2.24) is 21.3 Å². The SMILES string of the molecule is CNC1CC=C2C=CC=C3NC(=O)N[C@]23N1. The van der Waals surface area contributed by atoms with Crippen LogP contribution in [0.1, 0.15) is 6.42 Å². The molecule has 0 aromatic heterocycles. The molecule has 0 aromatic carbocycles. The van der Waals surface area contributed by atoms with Gasteiger partial charge in [-0.3, -0.25) is 5.32 Å². The van der Waals surface area contributed by atoms with Gasteiger partial charge in [-0.05, 0) is 25.1 Å². The number of carbonyl (C=O) groups is 1. The zero-order valence-electron chi connectivity index (χ0n) is 9.00. The lowest BCUT2D eigenvalue weighted by atomic mass is 9.88. The Morgan fingerprint density at radius 2 is 2.44 bits per heavy atom. The fraction of sp³-hybridized carbons (Fsp3) is 0.364. The molecule has 2 atom stereocenters. The van der Waals surface area contributed by atoms with E-state index < -0.39 is 5.66 Å². The minimum Gasteiger partial charge on any atom is -0.310 e. The van der Waals surface area contributed by atoms with Gasteiger partial charge in [0.2, 0.25) is 0 Å². The first kappa shape index (κ1) is 9.62. The molecule has 3 aliphatic rings. The predicted octanol–water partition coefficient (Wildman–Crippen LogP) is -0.0856. The predicted molar refractivity (Wildman–Crippen MR) is 60.3 cm³/mol. The molecule has 2 aliphatic heterocycles. The van der Waals surface area contributed by atoms with Gasteiger partial charge >= 0.3 is 6.03 Å². The van der Waals surface area contributed by atoms with Crippen LogP contribution in [0, 0.1) is 0 Å². The smallest absolute Gasteiger partial charge is 0.310 e. The van der Waals surface area contributed by atoms with Crippen LogP contribution in [0.5, 0.6) is 0 Å². The van der Waals surface area contributed by atoms with Crippen molar-refractivity contribution in [2.24, 2.45) is 0 Å². The normalized spacial score (nSPS) is 35.6. The van der Waals surface area contributed by atoms with Crippen LogP contribution in [0.3, 0.4) is 0 Å². The molecular formula is C11H14N4O. The molecule has 4 N–H and O–H groups in total. The fourth-order valence-corrected chi connectivity index (χ4v) is 2.43. The van der Waals surface area contributed by atoms with Gasteiger partial charge in [-0.15, -0.1) is 0 Å². The Kier molecular flexibility index (Phi) is 1.92. The van der Waals surface area contributed by atoms with Crippen molar-refractivity contribution in [1.29, 1.82) is 0 Å². The highest BCUT2D eigenvalue weighted by Crippen LogP contribution is 2.33. The average Bonchev–Trinajstić information content (AvgIpc) is 2.61. The van der Waals surface area contributed by atoms with E-state index in [1.807, 2.05) is 25.3 Å². The maximum Gasteiger partial charge on any atom is 0.321 e. The topological polar surface area (TPSA) is 65.2 Å². The van der Waals surface area contributed by atoms with Crippen molar-refractivity contribution in [3.8, 4) is 0 Å². The third kappa shape index (κ3) is 1.15. The summed E-state index contributed by atoms with van der Waals surface area (Å²) in [5, 5.41) is 12.4. The van der Waals surface area contributed by atoms with Crippen LogP contribution in [-0.2, 0) is 0 Å². The van der Waals surface area contributed by atoms with Crippen LogP contribution >= 0.6 is 0 Å². The molecule has 1 spiro atoms. The Bertz CT molecular complexity index is 437. The zero-order chi connectivity index (χ0) is 11.2. The molecule has 5 heteroatoms. The summed E-state index contributed by atoms with van der Waals surface area (Å²) in [6.45, 7) is 0. The third-order valence-corrected chi connectivity index (χ3v) is 3.24. The molecule has 1 unspecified atom stereocenters. The number of nitrogens with one attached hydrogen (secondary N) is 4. The van der Waals surface area contributed by atoms with Gasteiger partial charge in [0.05, 0.1) is 11.9 Å². The third-order valence-electron chi connectivity index (χ3n) is 3.24. The van der Waals surface area contributed by atoms with E-state index in [0.717, 1.165) is 17.7 Å². The molecule has 1 fully saturated rings. The molecule has 3 rings (SSSR count). The zero-order valence-corrected chi connectivity index (χ0v) is 9.00. The lowest BCUT2D eigenvalue weighted by molar-refractivity contribution is 0.239. The van der Waals surface area contributed by atoms with Gasteiger partial charge in [0.25, 0.3) is 0 Å². The highest BCUT2D eigenvalue weighted by atomic mass is 16.2. The summed E-state index contributed by atoms with van der Waals surface area (Å²) in [5.41, 5.74) is 1.40. The molecule has 84 valence electrons. The molecule has 5 nitrogen and oxygen atoms in total. The summed E-state index contributed by atoms with van der Waals surface area (Å²) in [6.07, 6.45) is 9.11. The average molecular weight is 218 g/mol. The van der Waals surface area contributed by atoms with Gasteiger partial charge < -0.3 is 16.0 Å². The van der Waals surface area contributed by atoms with E-state index in [1.54, 1.807) is 0 Å². The van der Waals surface area contributed by atoms with Gasteiger partial charge in [0.1, 0.15) is 0 Å². The van der Waals surface area contributed by atoms with E-state index in [0.29, 0.717) is 0 Å². The van der Waals surface area contributed by atoms with Crippen LogP contribution < -0.4 is 21.3 Å². The van der Waals surface area contributed by atoms with E-state index in [9.17, 15) is 4.79 Å². The number of hydrogen-bond donors (Lipinski definition) is 4. The first-order chi connectivity index (χ1) is 7.74. The van der Waals surface area contributed by atoms with Crippen molar-refractivity contribution in [2.45, 2.75) is 18.2 Å². The van der Waals surface area contributed by atoms with Crippen molar-refractivity contribution < 1.29 is 4.79 Å². The monoisotopic (exact) mass is 218 g/mol. The molecule has 1 aliphatic carbocycles. The second-order valence-electron chi connectivity index (χ2n) is 4.15. The summed E-state index contributed by atoms with van der Waals surface area (Å²) in [5.74, 6) is 0. The maximum atomic E-state index is 11.5. The molecule has 1 saturated heterocycles. The van der Waals surface area contributed by atoms with Crippen LogP contribution in [0.4, 0.5) is 4.79 Å². The summed E-state index contributed by atoms with van der Waals surface area (Å²) in [7, 11) is 1.90. The minimum absolute atomic E-state index is 0.162. The number of allylic oxidation sites excluding steroid dienone is 2. The van der Waals surface area contributed by atoms with E-state index in [1.165, 1.54) is 0 Å². The largest absolute Gasteiger partial charge is 0.321 e. The molecule has 2 heterocycles. The van der Waals surface area contributed by atoms with Crippen molar-refractivity contribution in [2.75, 3.05) is 7.05 Å². The Morgan fingerprint density at radius 1 is 1.56 bits per heavy atom. The van der Waals surface area contributed by atoms with E-state index in [2.05, 4.69) is 27.3 Å². The number of carbonyl (C=O) groups excluding carboxylic acids is 1. The molecule has 0 bridgehead atoms. The Morgan fingerprint density at radius 3 is 3.25 bits per heavy atom. The van der Waals surface area contributed by atoms with E-state index >= 15 is 0 Å². The van der Waals surface area contributed by atoms with E-state index in [4.69, 9.17) is 0 Å². The van der Waals surface area contributed by atoms with Crippen molar-refractivity contribution in [3.05, 3.63) is 35.6 Å². The molecular weight excluding hydrogens is 204 g/mol. The minimum atomic E-state index is -0.558. The summed E-state index contributed by atoms with van der Waals surface area (Å²) < 4.78 is 0. The highest BCUT2D eigenvalue weighted by molar-refractivity contribution is 5.84. The van der Waals surface area contributed by atoms with Crippen LogP contribution in [0.15, 0.2) is 35.6 Å². The van der Waals surface area contributed by atoms with Crippen molar-refractivity contribution >= 4 is 6.03 Å². The number of rotatable bonds is 1. The standard InChI is InChI=1S/C11H14N4O/c1-12-9-6-5-7-3-2-4-8-11(7,14-9)15-10(16)13-8/h2-5,9,12,14H,6H2,1H3,(H2,13,15,16)/t9?,11-/m1/s1. The number of amides is 2. The Hall–Kier alpha value is -1.59. The van der Waals surface area contributed by atoms with Gasteiger partial charge in [-0.25, -0.2) is 4.79 Å². The van der Waals surface area contributed by atoms with Crippen LogP contribution in [0.25, 0.3) is 0 Å². The lowest BCUT2D eigenvalue weighted by Crippen LogP contribution is -2.64. The van der Waals surface area contributed by atoms with Crippen LogP contribution in [0.2, 0.25) is 0 Å². The molecule has 0 aromatic rings. The van der Waals surface area contributed by atoms with Gasteiger partial charge in [0, 0.05) is 0 Å². The van der Waals surface area contributed by atoms with E-state index in [-0.39, 0.29) is 12.2 Å². The quantitative estimate of drug-likeness (QED) is 0.497. The Balaban J connectivity index is 2.06. The second-order valence-corrected chi connectivity index (χ2v) is 4.15. The summed E-state index contributed by atoms with van der Waals surface area (Å²) >= 11 is 0. The first-order valence-corrected chi connectivity index (χ1v) is 5.38. The van der Waals surface area contributed by atoms with Gasteiger partial charge in [0.15, 0.2) is 5.66 Å². The lowest BCUT2D eigenvalue weighted by Gasteiger charge is -2.40. The number of urea groups is 1. The first-order valence-electron chi connectivity index (χ1n) is 5.38. The van der Waals surface area contributed by atoms with Crippen LogP contribution in [-0.4, -0.2) is 24.9 Å². The fourth-order valence-electron chi connectivity index (χ4n) is 2.43. The molecule has 0 saturated carbocycles. The Labute approximate surface area is 93.7 Å². The van der Waals surface area contributed by atoms with Gasteiger partial charge in [-0.2, -0.15) is 0 Å². The number of hydrogen-bond acceptors (Lipinski definition) is 3. The highest BCUT2D eigenvalue weighted by Gasteiger charge is 2.48. The second kappa shape index (κ2) is 3.20. The molecule has 0 radical (unpaired) electrons. The van der Waals surface area contributed by atoms with Gasteiger partial charge in [-0.1, -0.05) is 18.2 Å². The molecule has 2 amide bonds. The maximum absolute atomic E-state index is 11.5. The van der Waals surface area contributed by atoms with Crippen molar-refractivity contribution in [3.63, 3.8) is 0 Å². The summed E-state index contributed by atoms with van der Waals surface area (Å²) in [4.78, 5) is 11.5.